The van der Waals surface area contributed by atoms with Crippen molar-refractivity contribution < 1.29 is 0 Å². The summed E-state index contributed by atoms with van der Waals surface area (Å²) >= 11 is 0. The Balaban J connectivity index is 1.09. The average Bonchev–Trinajstić information content (AvgIpc) is 4.00. The number of hydrogen-bond donors (Lipinski definition) is 0. The standard InChI is InChI=1S/C52H30N4/c1-3-13-31(14-4-1)44-30-45(32-15-5-2-6-16-32)54-52(53-44)35-28-42-38-19-9-12-22-48(38)56-49-24-23-33(25-39(49)43(29-35)51(42)56)34-26-40-36-17-7-10-20-46(36)55-47-21-11-8-18-37(47)41(27-34)50(40)55/h1-30H. The monoisotopic (exact) mass is 710 g/mol. The first-order valence-corrected chi connectivity index (χ1v) is 19.2. The van der Waals surface area contributed by atoms with Gasteiger partial charge in [0.05, 0.1) is 44.5 Å². The number of rotatable bonds is 4. The lowest BCUT2D eigenvalue weighted by Crippen LogP contribution is -1.96. The van der Waals surface area contributed by atoms with Crippen LogP contribution >= 0.6 is 0 Å². The van der Waals surface area contributed by atoms with Crippen molar-refractivity contribution in [2.24, 2.45) is 0 Å². The zero-order chi connectivity index (χ0) is 36.5. The molecule has 0 atom stereocenters. The zero-order valence-corrected chi connectivity index (χ0v) is 30.1. The summed E-state index contributed by atoms with van der Waals surface area (Å²) in [6, 6.07) is 65.8. The van der Waals surface area contributed by atoms with Gasteiger partial charge in [-0.05, 0) is 71.8 Å². The summed E-state index contributed by atoms with van der Waals surface area (Å²) in [5, 5.41) is 10.00. The Bertz CT molecular complexity index is 3550. The molecular weight excluding hydrogens is 681 g/mol. The maximum absolute atomic E-state index is 5.26. The molecule has 0 saturated carbocycles. The van der Waals surface area contributed by atoms with Crippen LogP contribution in [0.25, 0.3) is 121 Å². The lowest BCUT2D eigenvalue weighted by molar-refractivity contribution is 1.19. The number of fused-ring (bicyclic) bond motifs is 12. The van der Waals surface area contributed by atoms with E-state index in [9.17, 15) is 0 Å². The van der Waals surface area contributed by atoms with Crippen molar-refractivity contribution in [1.82, 2.24) is 18.8 Å². The van der Waals surface area contributed by atoms with E-state index in [1.807, 2.05) is 12.1 Å². The molecule has 4 nitrogen and oxygen atoms in total. The fourth-order valence-corrected chi connectivity index (χ4v) is 9.51. The van der Waals surface area contributed by atoms with Gasteiger partial charge in [0.15, 0.2) is 5.82 Å². The van der Waals surface area contributed by atoms with Crippen LogP contribution in [0.2, 0.25) is 0 Å². The molecule has 0 fully saturated rings. The third-order valence-electron chi connectivity index (χ3n) is 12.0. The Labute approximate surface area is 320 Å². The van der Waals surface area contributed by atoms with E-state index >= 15 is 0 Å². The fourth-order valence-electron chi connectivity index (χ4n) is 9.51. The molecule has 56 heavy (non-hydrogen) atoms. The quantitative estimate of drug-likeness (QED) is 0.182. The maximum atomic E-state index is 5.26. The lowest BCUT2D eigenvalue weighted by atomic mass is 9.97. The fraction of sp³-hybridized carbons (Fsp3) is 0. The van der Waals surface area contributed by atoms with Gasteiger partial charge in [0, 0.05) is 59.8 Å². The molecule has 13 aromatic rings. The minimum atomic E-state index is 0.716. The Hall–Kier alpha value is -7.56. The summed E-state index contributed by atoms with van der Waals surface area (Å²) in [6.45, 7) is 0. The minimum Gasteiger partial charge on any atom is -0.308 e. The highest BCUT2D eigenvalue weighted by Crippen LogP contribution is 2.45. The highest BCUT2D eigenvalue weighted by Gasteiger charge is 2.22. The third kappa shape index (κ3) is 4.02. The molecule has 0 bridgehead atoms. The predicted molar refractivity (Wildman–Crippen MR) is 233 cm³/mol. The van der Waals surface area contributed by atoms with E-state index in [0.29, 0.717) is 5.82 Å². The van der Waals surface area contributed by atoms with Crippen molar-refractivity contribution in [3.8, 4) is 45.0 Å². The van der Waals surface area contributed by atoms with Gasteiger partial charge in [-0.25, -0.2) is 9.97 Å². The van der Waals surface area contributed by atoms with Gasteiger partial charge >= 0.3 is 0 Å². The van der Waals surface area contributed by atoms with E-state index in [-0.39, 0.29) is 0 Å². The van der Waals surface area contributed by atoms with Gasteiger partial charge in [-0.3, -0.25) is 0 Å². The Morgan fingerprint density at radius 3 is 1.16 bits per heavy atom. The Morgan fingerprint density at radius 2 is 0.661 bits per heavy atom. The second-order valence-corrected chi connectivity index (χ2v) is 15.0. The van der Waals surface area contributed by atoms with Gasteiger partial charge in [-0.2, -0.15) is 0 Å². The normalized spacial score (nSPS) is 12.3. The molecule has 0 aliphatic rings. The van der Waals surface area contributed by atoms with E-state index in [0.717, 1.165) is 28.1 Å². The molecule has 0 aliphatic heterocycles. The highest BCUT2D eigenvalue weighted by atomic mass is 14.9. The number of aromatic nitrogens is 4. The van der Waals surface area contributed by atoms with Crippen molar-refractivity contribution in [1.29, 1.82) is 0 Å². The molecule has 0 spiro atoms. The van der Waals surface area contributed by atoms with Gasteiger partial charge in [0.25, 0.3) is 0 Å². The second kappa shape index (κ2) is 11.0. The molecule has 8 aromatic carbocycles. The van der Waals surface area contributed by atoms with E-state index in [2.05, 4.69) is 179 Å². The lowest BCUT2D eigenvalue weighted by Gasteiger charge is -2.10. The first-order chi connectivity index (χ1) is 27.8. The maximum Gasteiger partial charge on any atom is 0.160 e. The minimum absolute atomic E-state index is 0.716. The van der Waals surface area contributed by atoms with Crippen LogP contribution in [0.15, 0.2) is 182 Å². The average molecular weight is 711 g/mol. The van der Waals surface area contributed by atoms with Gasteiger partial charge in [0.2, 0.25) is 0 Å². The van der Waals surface area contributed by atoms with Crippen molar-refractivity contribution in [2.75, 3.05) is 0 Å². The number of nitrogens with zero attached hydrogens (tertiary/aromatic N) is 4. The summed E-state index contributed by atoms with van der Waals surface area (Å²) < 4.78 is 4.90. The summed E-state index contributed by atoms with van der Waals surface area (Å²) in [6.07, 6.45) is 0. The Kier molecular flexibility index (Phi) is 5.86. The second-order valence-electron chi connectivity index (χ2n) is 15.0. The van der Waals surface area contributed by atoms with E-state index in [4.69, 9.17) is 9.97 Å². The zero-order valence-electron chi connectivity index (χ0n) is 30.1. The summed E-state index contributed by atoms with van der Waals surface area (Å²) in [5.74, 6) is 0.716. The summed E-state index contributed by atoms with van der Waals surface area (Å²) in [4.78, 5) is 10.5. The van der Waals surface area contributed by atoms with Crippen LogP contribution in [0.4, 0.5) is 0 Å². The topological polar surface area (TPSA) is 34.6 Å². The van der Waals surface area contributed by atoms with Crippen LogP contribution in [-0.2, 0) is 0 Å². The van der Waals surface area contributed by atoms with E-state index in [1.165, 1.54) is 87.3 Å². The van der Waals surface area contributed by atoms with Gasteiger partial charge in [0.1, 0.15) is 0 Å². The molecule has 0 amide bonds. The molecule has 5 heterocycles. The van der Waals surface area contributed by atoms with Crippen molar-refractivity contribution in [3.05, 3.63) is 182 Å². The van der Waals surface area contributed by atoms with Crippen LogP contribution in [0.1, 0.15) is 0 Å². The van der Waals surface area contributed by atoms with Gasteiger partial charge in [-0.15, -0.1) is 0 Å². The van der Waals surface area contributed by atoms with E-state index in [1.54, 1.807) is 0 Å². The van der Waals surface area contributed by atoms with E-state index < -0.39 is 0 Å². The van der Waals surface area contributed by atoms with Crippen LogP contribution in [0.3, 0.4) is 0 Å². The van der Waals surface area contributed by atoms with Crippen molar-refractivity contribution in [3.63, 3.8) is 0 Å². The summed E-state index contributed by atoms with van der Waals surface area (Å²) in [5.41, 5.74) is 14.8. The predicted octanol–water partition coefficient (Wildman–Crippen LogP) is 13.4. The van der Waals surface area contributed by atoms with Gasteiger partial charge in [-0.1, -0.05) is 121 Å². The van der Waals surface area contributed by atoms with Gasteiger partial charge < -0.3 is 8.80 Å². The number of hydrogen-bond acceptors (Lipinski definition) is 2. The first-order valence-electron chi connectivity index (χ1n) is 19.2. The number of para-hydroxylation sites is 3. The van der Waals surface area contributed by atoms with Crippen LogP contribution in [-0.4, -0.2) is 18.8 Å². The first kappa shape index (κ1) is 29.8. The molecule has 258 valence electrons. The van der Waals surface area contributed by atoms with Crippen molar-refractivity contribution in [2.45, 2.75) is 0 Å². The van der Waals surface area contributed by atoms with Crippen molar-refractivity contribution >= 4 is 76.2 Å². The highest BCUT2D eigenvalue weighted by molar-refractivity contribution is 6.26. The molecular formula is C52H30N4. The smallest absolute Gasteiger partial charge is 0.160 e. The van der Waals surface area contributed by atoms with Crippen LogP contribution in [0, 0.1) is 0 Å². The molecule has 0 radical (unpaired) electrons. The number of benzene rings is 8. The Morgan fingerprint density at radius 1 is 0.268 bits per heavy atom. The van der Waals surface area contributed by atoms with Crippen LogP contribution in [0.5, 0.6) is 0 Å². The van der Waals surface area contributed by atoms with Crippen LogP contribution < -0.4 is 0 Å². The molecule has 0 aliphatic carbocycles. The molecule has 0 N–H and O–H groups in total. The molecule has 0 saturated heterocycles. The summed E-state index contributed by atoms with van der Waals surface area (Å²) in [7, 11) is 0. The SMILES string of the molecule is c1ccc(-c2cc(-c3ccccc3)nc(-c3cc4c5ccccc5n5c6ccc(-c7cc8c9ccccc9n9c%10ccccc%10c(c7)c89)cc6c(c3)c45)n2)cc1. The molecule has 13 rings (SSSR count). The molecule has 4 heteroatoms. The molecule has 0 unspecified atom stereocenters. The third-order valence-corrected chi connectivity index (χ3v) is 12.0. The molecule has 5 aromatic heterocycles. The largest absolute Gasteiger partial charge is 0.308 e.